The standard InChI is InChI=1S/C11H15NO3/c1-4-14-10-5-6-12-7-9(10)11(13)15-8(2)3/h5-8H,4H2,1-3H3. The summed E-state index contributed by atoms with van der Waals surface area (Å²) in [5, 5.41) is 0. The first-order valence-corrected chi connectivity index (χ1v) is 4.93. The fourth-order valence-corrected chi connectivity index (χ4v) is 1.09. The van der Waals surface area contributed by atoms with Crippen molar-refractivity contribution < 1.29 is 14.3 Å². The summed E-state index contributed by atoms with van der Waals surface area (Å²) in [6.07, 6.45) is 2.89. The van der Waals surface area contributed by atoms with Crippen LogP contribution in [0, 0.1) is 0 Å². The maximum absolute atomic E-state index is 11.6. The van der Waals surface area contributed by atoms with Crippen LogP contribution in [0.15, 0.2) is 18.5 Å². The zero-order valence-electron chi connectivity index (χ0n) is 9.19. The summed E-state index contributed by atoms with van der Waals surface area (Å²) < 4.78 is 10.4. The number of hydrogen-bond acceptors (Lipinski definition) is 4. The third-order valence-corrected chi connectivity index (χ3v) is 1.64. The van der Waals surface area contributed by atoms with Crippen molar-refractivity contribution in [2.75, 3.05) is 6.61 Å². The van der Waals surface area contributed by atoms with E-state index in [0.717, 1.165) is 0 Å². The van der Waals surface area contributed by atoms with Crippen molar-refractivity contribution in [3.8, 4) is 5.75 Å². The molecular weight excluding hydrogens is 194 g/mol. The number of hydrogen-bond donors (Lipinski definition) is 0. The molecule has 0 radical (unpaired) electrons. The maximum Gasteiger partial charge on any atom is 0.343 e. The summed E-state index contributed by atoms with van der Waals surface area (Å²) in [5.41, 5.74) is 0.369. The molecule has 0 unspecified atom stereocenters. The molecule has 1 heterocycles. The monoisotopic (exact) mass is 209 g/mol. The second-order valence-corrected chi connectivity index (χ2v) is 3.26. The van der Waals surface area contributed by atoms with Gasteiger partial charge in [0.1, 0.15) is 11.3 Å². The molecule has 1 rings (SSSR count). The third kappa shape index (κ3) is 3.23. The quantitative estimate of drug-likeness (QED) is 0.712. The van der Waals surface area contributed by atoms with E-state index in [1.807, 2.05) is 6.92 Å². The first kappa shape index (κ1) is 11.5. The number of rotatable bonds is 4. The molecule has 0 spiro atoms. The van der Waals surface area contributed by atoms with Crippen LogP contribution in [0.4, 0.5) is 0 Å². The number of aromatic nitrogens is 1. The molecule has 0 aliphatic carbocycles. The maximum atomic E-state index is 11.6. The molecule has 1 aromatic rings. The molecule has 0 amide bonds. The SMILES string of the molecule is CCOc1ccncc1C(=O)OC(C)C. The van der Waals surface area contributed by atoms with Crippen molar-refractivity contribution in [2.24, 2.45) is 0 Å². The van der Waals surface area contributed by atoms with E-state index < -0.39 is 5.97 Å². The largest absolute Gasteiger partial charge is 0.493 e. The van der Waals surface area contributed by atoms with E-state index in [4.69, 9.17) is 9.47 Å². The lowest BCUT2D eigenvalue weighted by molar-refractivity contribution is 0.0373. The fraction of sp³-hybridized carbons (Fsp3) is 0.455. The Hall–Kier alpha value is -1.58. The molecule has 0 N–H and O–H groups in total. The topological polar surface area (TPSA) is 48.4 Å². The number of carbonyl (C=O) groups is 1. The van der Waals surface area contributed by atoms with Gasteiger partial charge in [-0.3, -0.25) is 4.98 Å². The van der Waals surface area contributed by atoms with Gasteiger partial charge in [-0.15, -0.1) is 0 Å². The first-order valence-electron chi connectivity index (χ1n) is 4.93. The summed E-state index contributed by atoms with van der Waals surface area (Å²) in [6.45, 7) is 5.97. The summed E-state index contributed by atoms with van der Waals surface area (Å²) in [5.74, 6) is 0.111. The predicted molar refractivity (Wildman–Crippen MR) is 56.0 cm³/mol. The molecule has 0 aliphatic heterocycles. The lowest BCUT2D eigenvalue weighted by Crippen LogP contribution is -2.13. The Labute approximate surface area is 89.2 Å². The van der Waals surface area contributed by atoms with Crippen LogP contribution in [-0.4, -0.2) is 23.7 Å². The van der Waals surface area contributed by atoms with Gasteiger partial charge in [0.15, 0.2) is 0 Å². The number of nitrogens with zero attached hydrogens (tertiary/aromatic N) is 1. The Morgan fingerprint density at radius 1 is 1.53 bits per heavy atom. The van der Waals surface area contributed by atoms with Crippen molar-refractivity contribution in [3.63, 3.8) is 0 Å². The first-order chi connectivity index (χ1) is 7.15. The van der Waals surface area contributed by atoms with Gasteiger partial charge in [0, 0.05) is 12.4 Å². The van der Waals surface area contributed by atoms with E-state index in [9.17, 15) is 4.79 Å². The van der Waals surface area contributed by atoms with Gasteiger partial charge in [0.2, 0.25) is 0 Å². The van der Waals surface area contributed by atoms with Crippen molar-refractivity contribution in [2.45, 2.75) is 26.9 Å². The van der Waals surface area contributed by atoms with Crippen LogP contribution in [0.25, 0.3) is 0 Å². The van der Waals surface area contributed by atoms with E-state index in [1.54, 1.807) is 26.1 Å². The van der Waals surface area contributed by atoms with Crippen molar-refractivity contribution in [1.29, 1.82) is 0 Å². The van der Waals surface area contributed by atoms with Crippen LogP contribution in [0.2, 0.25) is 0 Å². The molecule has 0 bridgehead atoms. The minimum absolute atomic E-state index is 0.146. The smallest absolute Gasteiger partial charge is 0.343 e. The highest BCUT2D eigenvalue weighted by molar-refractivity contribution is 5.92. The van der Waals surface area contributed by atoms with Gasteiger partial charge in [-0.25, -0.2) is 4.79 Å². The molecule has 15 heavy (non-hydrogen) atoms. The highest BCUT2D eigenvalue weighted by atomic mass is 16.5. The minimum atomic E-state index is -0.401. The van der Waals surface area contributed by atoms with Crippen LogP contribution in [0.3, 0.4) is 0 Å². The van der Waals surface area contributed by atoms with Gasteiger partial charge >= 0.3 is 5.97 Å². The molecule has 4 heteroatoms. The summed E-state index contributed by atoms with van der Waals surface area (Å²) in [6, 6.07) is 1.65. The van der Waals surface area contributed by atoms with Gasteiger partial charge in [-0.05, 0) is 26.8 Å². The highest BCUT2D eigenvalue weighted by Gasteiger charge is 2.14. The zero-order valence-corrected chi connectivity index (χ0v) is 9.19. The predicted octanol–water partition coefficient (Wildman–Crippen LogP) is 2.05. The molecule has 0 atom stereocenters. The minimum Gasteiger partial charge on any atom is -0.493 e. The lowest BCUT2D eigenvalue weighted by Gasteiger charge is -2.11. The molecule has 4 nitrogen and oxygen atoms in total. The second kappa shape index (κ2) is 5.34. The van der Waals surface area contributed by atoms with Crippen LogP contribution < -0.4 is 4.74 Å². The van der Waals surface area contributed by atoms with Gasteiger partial charge in [0.25, 0.3) is 0 Å². The Bertz CT molecular complexity index is 336. The molecule has 0 fully saturated rings. The molecule has 0 aromatic carbocycles. The Balaban J connectivity index is 2.87. The summed E-state index contributed by atoms with van der Waals surface area (Å²) >= 11 is 0. The van der Waals surface area contributed by atoms with Crippen LogP contribution in [0.1, 0.15) is 31.1 Å². The van der Waals surface area contributed by atoms with Crippen LogP contribution in [-0.2, 0) is 4.74 Å². The van der Waals surface area contributed by atoms with E-state index in [-0.39, 0.29) is 6.10 Å². The van der Waals surface area contributed by atoms with Crippen LogP contribution in [0.5, 0.6) is 5.75 Å². The fourth-order valence-electron chi connectivity index (χ4n) is 1.09. The van der Waals surface area contributed by atoms with Crippen LogP contribution >= 0.6 is 0 Å². The molecule has 1 aromatic heterocycles. The number of ether oxygens (including phenoxy) is 2. The Morgan fingerprint density at radius 3 is 2.87 bits per heavy atom. The van der Waals surface area contributed by atoms with Gasteiger partial charge < -0.3 is 9.47 Å². The van der Waals surface area contributed by atoms with E-state index in [0.29, 0.717) is 17.9 Å². The van der Waals surface area contributed by atoms with Crippen molar-refractivity contribution in [3.05, 3.63) is 24.0 Å². The number of carbonyl (C=O) groups excluding carboxylic acids is 1. The van der Waals surface area contributed by atoms with Crippen molar-refractivity contribution in [1.82, 2.24) is 4.98 Å². The normalized spacial score (nSPS) is 10.1. The molecule has 0 aliphatic rings. The second-order valence-electron chi connectivity index (χ2n) is 3.26. The zero-order chi connectivity index (χ0) is 11.3. The van der Waals surface area contributed by atoms with Gasteiger partial charge in [-0.1, -0.05) is 0 Å². The lowest BCUT2D eigenvalue weighted by atomic mass is 10.2. The average molecular weight is 209 g/mol. The third-order valence-electron chi connectivity index (χ3n) is 1.64. The Morgan fingerprint density at radius 2 is 2.27 bits per heavy atom. The van der Waals surface area contributed by atoms with Gasteiger partial charge in [0.05, 0.1) is 12.7 Å². The summed E-state index contributed by atoms with van der Waals surface area (Å²) in [4.78, 5) is 15.5. The van der Waals surface area contributed by atoms with E-state index >= 15 is 0 Å². The van der Waals surface area contributed by atoms with Gasteiger partial charge in [-0.2, -0.15) is 0 Å². The molecule has 0 saturated heterocycles. The van der Waals surface area contributed by atoms with Crippen molar-refractivity contribution >= 4 is 5.97 Å². The Kier molecular flexibility index (Phi) is 4.09. The molecule has 82 valence electrons. The molecular formula is C11H15NO3. The summed E-state index contributed by atoms with van der Waals surface area (Å²) in [7, 11) is 0. The van der Waals surface area contributed by atoms with E-state index in [1.165, 1.54) is 6.20 Å². The number of pyridine rings is 1. The number of esters is 1. The highest BCUT2D eigenvalue weighted by Crippen LogP contribution is 2.18. The average Bonchev–Trinajstić information content (AvgIpc) is 2.18. The molecule has 0 saturated carbocycles. The van der Waals surface area contributed by atoms with E-state index in [2.05, 4.69) is 4.98 Å².